The molecule has 8 heteroatoms. The van der Waals surface area contributed by atoms with Gasteiger partial charge >= 0.3 is 10.2 Å². The molecule has 0 radical (unpaired) electrons. The summed E-state index contributed by atoms with van der Waals surface area (Å²) < 4.78 is 74.0. The highest BCUT2D eigenvalue weighted by Crippen LogP contribution is 3.02. The van der Waals surface area contributed by atoms with Gasteiger partial charge in [-0.2, -0.15) is 0 Å². The van der Waals surface area contributed by atoms with E-state index in [1.54, 1.807) is 24.3 Å². The summed E-state index contributed by atoms with van der Waals surface area (Å²) in [4.78, 5) is -1.93. The highest BCUT2D eigenvalue weighted by molar-refractivity contribution is 8.45. The van der Waals surface area contributed by atoms with Crippen LogP contribution in [0.25, 0.3) is 0 Å². The summed E-state index contributed by atoms with van der Waals surface area (Å²) in [5.41, 5.74) is 0.777. The smallest absolute Gasteiger partial charge is 0.310 e. The summed E-state index contributed by atoms with van der Waals surface area (Å²) in [5, 5.41) is 0. The fourth-order valence-corrected chi connectivity index (χ4v) is 2.63. The van der Waals surface area contributed by atoms with Crippen LogP contribution in [-0.2, 0) is 6.61 Å². The van der Waals surface area contributed by atoms with Gasteiger partial charge in [-0.05, 0) is 48.4 Å². The largest absolute Gasteiger partial charge is 0.494 e. The number of benzene rings is 2. The second kappa shape index (κ2) is 6.40. The number of hydrogen-bond acceptors (Lipinski definition) is 2. The van der Waals surface area contributed by atoms with Crippen molar-refractivity contribution < 1.29 is 28.9 Å². The summed E-state index contributed by atoms with van der Waals surface area (Å²) >= 11 is 0. The zero-order valence-corrected chi connectivity index (χ0v) is 14.4. The fraction of sp³-hybridized carbons (Fsp3) is 0.294. The Balaban J connectivity index is 1.93. The summed E-state index contributed by atoms with van der Waals surface area (Å²) in [6, 6.07) is 9.51. The molecule has 2 aromatic rings. The second-order valence-corrected chi connectivity index (χ2v) is 7.98. The van der Waals surface area contributed by atoms with Gasteiger partial charge in [-0.15, -0.1) is 0 Å². The molecule has 0 aliphatic carbocycles. The van der Waals surface area contributed by atoms with Crippen molar-refractivity contribution in [3.63, 3.8) is 0 Å². The molecule has 0 aromatic heterocycles. The molecular formula is C17H19F5O2S. The molecule has 0 aliphatic rings. The Morgan fingerprint density at radius 3 is 1.80 bits per heavy atom. The van der Waals surface area contributed by atoms with Crippen LogP contribution in [0, 0.1) is 0 Å². The maximum Gasteiger partial charge on any atom is 0.310 e. The van der Waals surface area contributed by atoms with Gasteiger partial charge < -0.3 is 9.47 Å². The standard InChI is InChI=1S/C17H19F5O2S/c1-2-3-12-23-15-6-4-14(5-7-15)13-24-16-8-10-17(11-9-16)25(18,19,20,21)22/h4-11H,2-3,12-13H2,1H3. The Morgan fingerprint density at radius 2 is 1.28 bits per heavy atom. The molecule has 0 aliphatic heterocycles. The van der Waals surface area contributed by atoms with E-state index in [4.69, 9.17) is 9.47 Å². The highest BCUT2D eigenvalue weighted by Gasteiger charge is 2.65. The third-order valence-electron chi connectivity index (χ3n) is 3.36. The summed E-state index contributed by atoms with van der Waals surface area (Å²) in [5.74, 6) is 0.798. The van der Waals surface area contributed by atoms with Crippen molar-refractivity contribution in [2.75, 3.05) is 6.61 Å². The molecule has 140 valence electrons. The lowest BCUT2D eigenvalue weighted by molar-refractivity contribution is 0.302. The molecule has 0 saturated heterocycles. The quantitative estimate of drug-likeness (QED) is 0.358. The second-order valence-electron chi connectivity index (χ2n) is 5.58. The number of hydrogen-bond donors (Lipinski definition) is 0. The first-order valence-corrected chi connectivity index (χ1v) is 9.62. The van der Waals surface area contributed by atoms with Crippen molar-refractivity contribution in [1.82, 2.24) is 0 Å². The lowest BCUT2D eigenvalue weighted by atomic mass is 10.2. The number of unbranched alkanes of at least 4 members (excludes halogenated alkanes) is 1. The molecule has 0 N–H and O–H groups in total. The average molecular weight is 382 g/mol. The van der Waals surface area contributed by atoms with E-state index >= 15 is 0 Å². The minimum Gasteiger partial charge on any atom is -0.494 e. The van der Waals surface area contributed by atoms with Crippen molar-refractivity contribution in [3.8, 4) is 11.5 Å². The molecule has 0 heterocycles. The van der Waals surface area contributed by atoms with E-state index in [9.17, 15) is 19.4 Å². The van der Waals surface area contributed by atoms with Crippen LogP contribution < -0.4 is 9.47 Å². The van der Waals surface area contributed by atoms with E-state index in [0.29, 0.717) is 18.7 Å². The molecule has 0 fully saturated rings. The first-order valence-electron chi connectivity index (χ1n) is 7.66. The van der Waals surface area contributed by atoms with Gasteiger partial charge in [0.1, 0.15) is 23.0 Å². The van der Waals surface area contributed by atoms with Gasteiger partial charge in [-0.1, -0.05) is 44.9 Å². The van der Waals surface area contributed by atoms with Crippen LogP contribution in [0.5, 0.6) is 11.5 Å². The molecule has 0 saturated carbocycles. The average Bonchev–Trinajstić information content (AvgIpc) is 2.53. The molecule has 0 atom stereocenters. The molecular weight excluding hydrogens is 363 g/mol. The number of ether oxygens (including phenoxy) is 2. The van der Waals surface area contributed by atoms with Gasteiger partial charge in [0.15, 0.2) is 0 Å². The monoisotopic (exact) mass is 382 g/mol. The SMILES string of the molecule is CCCCOc1ccc(COc2ccc(S(F)(F)(F)(F)F)cc2)cc1. The first-order chi connectivity index (χ1) is 11.5. The van der Waals surface area contributed by atoms with Crippen LogP contribution in [0.4, 0.5) is 19.4 Å². The molecule has 2 rings (SSSR count). The van der Waals surface area contributed by atoms with Crippen LogP contribution in [0.1, 0.15) is 25.3 Å². The summed E-state index contributed by atoms with van der Waals surface area (Å²) in [6.45, 7) is 2.80. The van der Waals surface area contributed by atoms with Gasteiger partial charge in [0.05, 0.1) is 6.61 Å². The van der Waals surface area contributed by atoms with Crippen LogP contribution in [-0.4, -0.2) is 6.61 Å². The Bertz CT molecular complexity index is 697. The fourth-order valence-electron chi connectivity index (χ4n) is 1.98. The van der Waals surface area contributed by atoms with Crippen molar-refractivity contribution in [3.05, 3.63) is 54.1 Å². The van der Waals surface area contributed by atoms with E-state index in [2.05, 4.69) is 6.92 Å². The minimum absolute atomic E-state index is 0.0777. The highest BCUT2D eigenvalue weighted by atomic mass is 32.5. The maximum atomic E-state index is 12.6. The van der Waals surface area contributed by atoms with Crippen LogP contribution in [0.3, 0.4) is 0 Å². The molecule has 2 aromatic carbocycles. The van der Waals surface area contributed by atoms with Gasteiger partial charge in [0.2, 0.25) is 0 Å². The molecule has 25 heavy (non-hydrogen) atoms. The van der Waals surface area contributed by atoms with Crippen molar-refractivity contribution >= 4 is 10.2 Å². The van der Waals surface area contributed by atoms with Crippen LogP contribution in [0.2, 0.25) is 0 Å². The van der Waals surface area contributed by atoms with E-state index in [1.165, 1.54) is 0 Å². The Hall–Kier alpha value is -1.96. The lowest BCUT2D eigenvalue weighted by Crippen LogP contribution is -2.05. The van der Waals surface area contributed by atoms with Gasteiger partial charge in [-0.25, -0.2) is 0 Å². The molecule has 0 amide bonds. The van der Waals surface area contributed by atoms with Crippen molar-refractivity contribution in [2.24, 2.45) is 0 Å². The van der Waals surface area contributed by atoms with E-state index in [-0.39, 0.29) is 12.4 Å². The number of halogens is 5. The zero-order chi connectivity index (χ0) is 18.6. The zero-order valence-electron chi connectivity index (χ0n) is 13.6. The maximum absolute atomic E-state index is 12.6. The molecule has 0 unspecified atom stereocenters. The molecule has 2 nitrogen and oxygen atoms in total. The Morgan fingerprint density at radius 1 is 0.760 bits per heavy atom. The molecule has 0 bridgehead atoms. The van der Waals surface area contributed by atoms with Gasteiger partial charge in [0, 0.05) is 0 Å². The van der Waals surface area contributed by atoms with E-state index < -0.39 is 15.1 Å². The van der Waals surface area contributed by atoms with E-state index in [0.717, 1.165) is 36.3 Å². The third-order valence-corrected chi connectivity index (χ3v) is 4.53. The van der Waals surface area contributed by atoms with E-state index in [1.807, 2.05) is 0 Å². The van der Waals surface area contributed by atoms with Crippen molar-refractivity contribution in [1.29, 1.82) is 0 Å². The Labute approximate surface area is 143 Å². The topological polar surface area (TPSA) is 18.5 Å². The number of rotatable bonds is 8. The first kappa shape index (κ1) is 19.4. The van der Waals surface area contributed by atoms with Crippen LogP contribution >= 0.6 is 10.2 Å². The van der Waals surface area contributed by atoms with Crippen molar-refractivity contribution in [2.45, 2.75) is 31.3 Å². The predicted octanol–water partition coefficient (Wildman–Crippen LogP) is 7.10. The third kappa shape index (κ3) is 6.12. The molecule has 0 spiro atoms. The summed E-state index contributed by atoms with van der Waals surface area (Å²) in [7, 11) is -9.64. The van der Waals surface area contributed by atoms with Gasteiger partial charge in [0.25, 0.3) is 0 Å². The summed E-state index contributed by atoms with van der Waals surface area (Å²) in [6.07, 6.45) is 1.99. The minimum atomic E-state index is -9.64. The predicted molar refractivity (Wildman–Crippen MR) is 89.0 cm³/mol. The van der Waals surface area contributed by atoms with Crippen LogP contribution in [0.15, 0.2) is 53.4 Å². The normalized spacial score (nSPS) is 14.5. The Kier molecular flexibility index (Phi) is 4.96. The lowest BCUT2D eigenvalue weighted by Gasteiger charge is -2.40. The van der Waals surface area contributed by atoms with Gasteiger partial charge in [-0.3, -0.25) is 0 Å².